The van der Waals surface area contributed by atoms with Crippen LogP contribution in [0.2, 0.25) is 0 Å². The SMILES string of the molecule is O=C(c1cccc(O)c1)N1CCC(OCCCl)CC1. The van der Waals surface area contributed by atoms with Crippen molar-refractivity contribution in [2.75, 3.05) is 25.6 Å². The lowest BCUT2D eigenvalue weighted by atomic mass is 10.1. The van der Waals surface area contributed by atoms with Crippen molar-refractivity contribution in [3.05, 3.63) is 29.8 Å². The average molecular weight is 284 g/mol. The minimum Gasteiger partial charge on any atom is -0.508 e. The summed E-state index contributed by atoms with van der Waals surface area (Å²) in [6, 6.07) is 6.46. The molecule has 19 heavy (non-hydrogen) atoms. The lowest BCUT2D eigenvalue weighted by Crippen LogP contribution is -2.41. The van der Waals surface area contributed by atoms with Crippen LogP contribution in [-0.4, -0.2) is 47.6 Å². The van der Waals surface area contributed by atoms with Gasteiger partial charge in [0.05, 0.1) is 12.7 Å². The Morgan fingerprint density at radius 2 is 2.16 bits per heavy atom. The van der Waals surface area contributed by atoms with Crippen molar-refractivity contribution in [1.82, 2.24) is 4.90 Å². The van der Waals surface area contributed by atoms with Gasteiger partial charge in [0.2, 0.25) is 0 Å². The number of halogens is 1. The molecule has 4 nitrogen and oxygen atoms in total. The smallest absolute Gasteiger partial charge is 0.253 e. The molecule has 0 bridgehead atoms. The number of phenolic OH excluding ortho intramolecular Hbond substituents is 1. The third-order valence-electron chi connectivity index (χ3n) is 3.25. The topological polar surface area (TPSA) is 49.8 Å². The number of hydrogen-bond acceptors (Lipinski definition) is 3. The first-order valence-corrected chi connectivity index (χ1v) is 7.00. The van der Waals surface area contributed by atoms with Gasteiger partial charge in [-0.3, -0.25) is 4.79 Å². The average Bonchev–Trinajstić information content (AvgIpc) is 2.45. The molecule has 1 aliphatic rings. The van der Waals surface area contributed by atoms with Gasteiger partial charge >= 0.3 is 0 Å². The molecule has 1 fully saturated rings. The molecule has 2 rings (SSSR count). The molecule has 0 aromatic heterocycles. The van der Waals surface area contributed by atoms with Gasteiger partial charge < -0.3 is 14.7 Å². The second kappa shape index (κ2) is 6.78. The monoisotopic (exact) mass is 283 g/mol. The maximum Gasteiger partial charge on any atom is 0.253 e. The summed E-state index contributed by atoms with van der Waals surface area (Å²) in [5.74, 6) is 0.584. The zero-order valence-corrected chi connectivity index (χ0v) is 11.5. The number of rotatable bonds is 4. The quantitative estimate of drug-likeness (QED) is 0.862. The first-order chi connectivity index (χ1) is 9.20. The number of carbonyl (C=O) groups excluding carboxylic acids is 1. The van der Waals surface area contributed by atoms with E-state index in [1.165, 1.54) is 6.07 Å². The third kappa shape index (κ3) is 3.85. The first-order valence-electron chi connectivity index (χ1n) is 6.46. The molecule has 1 heterocycles. The predicted molar refractivity (Wildman–Crippen MR) is 73.7 cm³/mol. The highest BCUT2D eigenvalue weighted by molar-refractivity contribution is 6.17. The normalized spacial score (nSPS) is 16.6. The van der Waals surface area contributed by atoms with Crippen molar-refractivity contribution in [1.29, 1.82) is 0 Å². The van der Waals surface area contributed by atoms with Crippen molar-refractivity contribution >= 4 is 17.5 Å². The van der Waals surface area contributed by atoms with Crippen molar-refractivity contribution in [3.8, 4) is 5.75 Å². The van der Waals surface area contributed by atoms with Crippen LogP contribution in [0, 0.1) is 0 Å². The summed E-state index contributed by atoms with van der Waals surface area (Å²) >= 11 is 5.58. The molecule has 1 saturated heterocycles. The van der Waals surface area contributed by atoms with Crippen molar-refractivity contribution < 1.29 is 14.6 Å². The van der Waals surface area contributed by atoms with Gasteiger partial charge in [0.1, 0.15) is 5.75 Å². The molecule has 1 N–H and O–H groups in total. The third-order valence-corrected chi connectivity index (χ3v) is 3.41. The Morgan fingerprint density at radius 1 is 1.42 bits per heavy atom. The molecule has 0 atom stereocenters. The van der Waals surface area contributed by atoms with E-state index in [4.69, 9.17) is 16.3 Å². The molecule has 0 radical (unpaired) electrons. The number of alkyl halides is 1. The lowest BCUT2D eigenvalue weighted by Gasteiger charge is -2.32. The van der Waals surface area contributed by atoms with E-state index in [1.54, 1.807) is 23.1 Å². The van der Waals surface area contributed by atoms with E-state index in [9.17, 15) is 9.90 Å². The van der Waals surface area contributed by atoms with Gasteiger partial charge in [-0.1, -0.05) is 6.07 Å². The molecular formula is C14H18ClNO3. The molecule has 5 heteroatoms. The van der Waals surface area contributed by atoms with Crippen LogP contribution >= 0.6 is 11.6 Å². The maximum atomic E-state index is 12.2. The Labute approximate surface area is 117 Å². The molecule has 0 aliphatic carbocycles. The van der Waals surface area contributed by atoms with Crippen molar-refractivity contribution in [2.24, 2.45) is 0 Å². The summed E-state index contributed by atoms with van der Waals surface area (Å²) in [5, 5.41) is 9.40. The molecule has 1 amide bonds. The van der Waals surface area contributed by atoms with Crippen LogP contribution < -0.4 is 0 Å². The van der Waals surface area contributed by atoms with Gasteiger partial charge in [0.15, 0.2) is 0 Å². The van der Waals surface area contributed by atoms with Gasteiger partial charge in [-0.25, -0.2) is 0 Å². The number of ether oxygens (including phenoxy) is 1. The molecule has 0 spiro atoms. The molecule has 1 aromatic rings. The fraction of sp³-hybridized carbons (Fsp3) is 0.500. The summed E-state index contributed by atoms with van der Waals surface area (Å²) in [6.07, 6.45) is 1.87. The number of hydrogen-bond donors (Lipinski definition) is 1. The molecule has 0 saturated carbocycles. The second-order valence-corrected chi connectivity index (χ2v) is 4.98. The van der Waals surface area contributed by atoms with E-state index in [2.05, 4.69) is 0 Å². The van der Waals surface area contributed by atoms with E-state index in [-0.39, 0.29) is 17.8 Å². The van der Waals surface area contributed by atoms with E-state index < -0.39 is 0 Å². The van der Waals surface area contributed by atoms with Crippen molar-refractivity contribution in [3.63, 3.8) is 0 Å². The number of phenols is 1. The molecule has 0 unspecified atom stereocenters. The minimum atomic E-state index is -0.0355. The summed E-state index contributed by atoms with van der Waals surface area (Å²) in [6.45, 7) is 1.93. The van der Waals surface area contributed by atoms with Crippen LogP contribution in [0.1, 0.15) is 23.2 Å². The molecular weight excluding hydrogens is 266 g/mol. The van der Waals surface area contributed by atoms with Crippen LogP contribution in [0.3, 0.4) is 0 Å². The number of carbonyl (C=O) groups is 1. The lowest BCUT2D eigenvalue weighted by molar-refractivity contribution is 0.0154. The summed E-state index contributed by atoms with van der Waals surface area (Å²) in [7, 11) is 0. The Kier molecular flexibility index (Phi) is 5.05. The van der Waals surface area contributed by atoms with Crippen LogP contribution in [0.25, 0.3) is 0 Å². The summed E-state index contributed by atoms with van der Waals surface area (Å²) in [5.41, 5.74) is 0.528. The Bertz CT molecular complexity index is 430. The van der Waals surface area contributed by atoms with Crippen LogP contribution in [-0.2, 0) is 4.74 Å². The van der Waals surface area contributed by atoms with Gasteiger partial charge in [0.25, 0.3) is 5.91 Å². The fourth-order valence-corrected chi connectivity index (χ4v) is 2.35. The predicted octanol–water partition coefficient (Wildman–Crippen LogP) is 2.25. The van der Waals surface area contributed by atoms with Gasteiger partial charge in [0, 0.05) is 24.5 Å². The van der Waals surface area contributed by atoms with Gasteiger partial charge in [-0.2, -0.15) is 0 Å². The van der Waals surface area contributed by atoms with Gasteiger partial charge in [-0.15, -0.1) is 11.6 Å². The zero-order valence-electron chi connectivity index (χ0n) is 10.7. The molecule has 104 valence electrons. The van der Waals surface area contributed by atoms with Crippen LogP contribution in [0.5, 0.6) is 5.75 Å². The maximum absolute atomic E-state index is 12.2. The highest BCUT2D eigenvalue weighted by Gasteiger charge is 2.23. The number of nitrogens with zero attached hydrogens (tertiary/aromatic N) is 1. The zero-order chi connectivity index (χ0) is 13.7. The summed E-state index contributed by atoms with van der Waals surface area (Å²) in [4.78, 5) is 14.0. The Balaban J connectivity index is 1.89. The Morgan fingerprint density at radius 3 is 2.79 bits per heavy atom. The largest absolute Gasteiger partial charge is 0.508 e. The minimum absolute atomic E-state index is 0.0355. The number of piperidine rings is 1. The van der Waals surface area contributed by atoms with E-state index in [1.807, 2.05) is 0 Å². The number of amides is 1. The van der Waals surface area contributed by atoms with Gasteiger partial charge in [-0.05, 0) is 31.0 Å². The highest BCUT2D eigenvalue weighted by atomic mass is 35.5. The molecule has 1 aliphatic heterocycles. The molecule has 1 aromatic carbocycles. The van der Waals surface area contributed by atoms with Crippen LogP contribution in [0.15, 0.2) is 24.3 Å². The number of aromatic hydroxyl groups is 1. The standard InChI is InChI=1S/C14H18ClNO3/c15-6-9-19-13-4-7-16(8-5-13)14(18)11-2-1-3-12(17)10-11/h1-3,10,13,17H,4-9H2. The summed E-state index contributed by atoms with van der Waals surface area (Å²) < 4.78 is 5.58. The second-order valence-electron chi connectivity index (χ2n) is 4.60. The van der Waals surface area contributed by atoms with Crippen molar-refractivity contribution in [2.45, 2.75) is 18.9 Å². The number of likely N-dealkylation sites (tertiary alicyclic amines) is 1. The highest BCUT2D eigenvalue weighted by Crippen LogP contribution is 2.18. The number of benzene rings is 1. The van der Waals surface area contributed by atoms with E-state index in [0.29, 0.717) is 31.1 Å². The van der Waals surface area contributed by atoms with E-state index in [0.717, 1.165) is 12.8 Å². The first kappa shape index (κ1) is 14.2. The Hall–Kier alpha value is -1.26. The van der Waals surface area contributed by atoms with Crippen LogP contribution in [0.4, 0.5) is 0 Å². The fourth-order valence-electron chi connectivity index (χ4n) is 2.26. The van der Waals surface area contributed by atoms with E-state index >= 15 is 0 Å².